The van der Waals surface area contributed by atoms with Crippen molar-refractivity contribution in [1.82, 2.24) is 9.78 Å². The molecule has 1 amide bonds. The highest BCUT2D eigenvalue weighted by molar-refractivity contribution is 9.10. The summed E-state index contributed by atoms with van der Waals surface area (Å²) in [6.45, 7) is 0.518. The second-order valence-electron chi connectivity index (χ2n) is 5.25. The van der Waals surface area contributed by atoms with Crippen molar-refractivity contribution in [3.8, 4) is 6.07 Å². The quantitative estimate of drug-likeness (QED) is 0.884. The predicted octanol–water partition coefficient (Wildman–Crippen LogP) is 3.49. The van der Waals surface area contributed by atoms with Crippen LogP contribution in [0.2, 0.25) is 0 Å². The Morgan fingerprint density at radius 1 is 1.50 bits per heavy atom. The molecule has 0 fully saturated rings. The molecular weight excluding hydrogens is 364 g/mol. The van der Waals surface area contributed by atoms with Crippen LogP contribution in [0.5, 0.6) is 0 Å². The van der Waals surface area contributed by atoms with Gasteiger partial charge in [0.25, 0.3) is 0 Å². The third-order valence-corrected chi connectivity index (χ3v) is 5.32. The number of thiophene rings is 1. The highest BCUT2D eigenvalue weighted by atomic mass is 79.9. The number of amides is 1. The Hall–Kier alpha value is -1.65. The molecule has 0 saturated carbocycles. The summed E-state index contributed by atoms with van der Waals surface area (Å²) in [6.07, 6.45) is 8.12. The second kappa shape index (κ2) is 6.63. The van der Waals surface area contributed by atoms with Gasteiger partial charge in [0.1, 0.15) is 11.1 Å². The summed E-state index contributed by atoms with van der Waals surface area (Å²) < 4.78 is 2.61. The lowest BCUT2D eigenvalue weighted by atomic mass is 9.96. The van der Waals surface area contributed by atoms with E-state index in [1.807, 2.05) is 6.20 Å². The molecule has 114 valence electrons. The van der Waals surface area contributed by atoms with Crippen LogP contribution >= 0.6 is 27.3 Å². The number of rotatable bonds is 4. The van der Waals surface area contributed by atoms with Gasteiger partial charge < -0.3 is 5.32 Å². The van der Waals surface area contributed by atoms with Crippen LogP contribution in [0, 0.1) is 11.3 Å². The van der Waals surface area contributed by atoms with Gasteiger partial charge >= 0.3 is 0 Å². The van der Waals surface area contributed by atoms with Crippen LogP contribution in [0.4, 0.5) is 5.00 Å². The third-order valence-electron chi connectivity index (χ3n) is 3.71. The van der Waals surface area contributed by atoms with Gasteiger partial charge in [0, 0.05) is 24.0 Å². The summed E-state index contributed by atoms with van der Waals surface area (Å²) in [5.41, 5.74) is 1.81. The largest absolute Gasteiger partial charge is 0.317 e. The number of carbonyl (C=O) groups excluding carboxylic acids is 1. The first-order valence-corrected chi connectivity index (χ1v) is 8.81. The first kappa shape index (κ1) is 15.3. The van der Waals surface area contributed by atoms with E-state index in [-0.39, 0.29) is 5.91 Å². The van der Waals surface area contributed by atoms with Crippen molar-refractivity contribution in [1.29, 1.82) is 5.26 Å². The molecule has 0 aliphatic heterocycles. The topological polar surface area (TPSA) is 70.7 Å². The normalized spacial score (nSPS) is 13.5. The number of halogens is 1. The Kier molecular flexibility index (Phi) is 4.60. The number of aryl methyl sites for hydroxylation is 2. The number of nitrogens with zero attached hydrogens (tertiary/aromatic N) is 3. The van der Waals surface area contributed by atoms with E-state index in [0.717, 1.165) is 29.3 Å². The molecule has 5 nitrogen and oxygen atoms in total. The molecule has 2 aromatic rings. The van der Waals surface area contributed by atoms with Gasteiger partial charge in [0.2, 0.25) is 5.91 Å². The maximum atomic E-state index is 12.1. The minimum Gasteiger partial charge on any atom is -0.317 e. The molecule has 0 spiro atoms. The van der Waals surface area contributed by atoms with Crippen LogP contribution < -0.4 is 5.32 Å². The maximum absolute atomic E-state index is 12.1. The van der Waals surface area contributed by atoms with Crippen LogP contribution in [0.25, 0.3) is 0 Å². The average Bonchev–Trinajstić information content (AvgIpc) is 3.08. The Labute approximate surface area is 141 Å². The zero-order valence-corrected chi connectivity index (χ0v) is 14.3. The van der Waals surface area contributed by atoms with Crippen molar-refractivity contribution in [3.05, 3.63) is 32.9 Å². The highest BCUT2D eigenvalue weighted by Gasteiger charge is 2.21. The maximum Gasteiger partial charge on any atom is 0.226 e. The van der Waals surface area contributed by atoms with Crippen molar-refractivity contribution < 1.29 is 4.79 Å². The fourth-order valence-electron chi connectivity index (χ4n) is 2.64. The van der Waals surface area contributed by atoms with Gasteiger partial charge in [0.15, 0.2) is 0 Å². The van der Waals surface area contributed by atoms with Gasteiger partial charge in [-0.05, 0) is 47.2 Å². The molecule has 0 atom stereocenters. The average molecular weight is 379 g/mol. The van der Waals surface area contributed by atoms with Crippen LogP contribution in [-0.2, 0) is 24.2 Å². The lowest BCUT2D eigenvalue weighted by Crippen LogP contribution is -2.14. The first-order chi connectivity index (χ1) is 10.7. The van der Waals surface area contributed by atoms with E-state index in [1.165, 1.54) is 11.3 Å². The van der Waals surface area contributed by atoms with Gasteiger partial charge in [0.05, 0.1) is 16.2 Å². The van der Waals surface area contributed by atoms with Crippen molar-refractivity contribution in [2.75, 3.05) is 5.32 Å². The smallest absolute Gasteiger partial charge is 0.226 e. The van der Waals surface area contributed by atoms with Gasteiger partial charge in [-0.1, -0.05) is 0 Å². The molecule has 1 aliphatic carbocycles. The Balaban J connectivity index is 1.66. The minimum atomic E-state index is -0.0817. The lowest BCUT2D eigenvalue weighted by molar-refractivity contribution is -0.116. The molecule has 0 saturated heterocycles. The van der Waals surface area contributed by atoms with E-state index >= 15 is 0 Å². The van der Waals surface area contributed by atoms with Gasteiger partial charge in [-0.15, -0.1) is 11.3 Å². The van der Waals surface area contributed by atoms with Crippen LogP contribution in [0.3, 0.4) is 0 Å². The zero-order chi connectivity index (χ0) is 15.5. The summed E-state index contributed by atoms with van der Waals surface area (Å²) in [5, 5.41) is 17.1. The van der Waals surface area contributed by atoms with E-state index in [0.29, 0.717) is 23.5 Å². The minimum absolute atomic E-state index is 0.0817. The summed E-state index contributed by atoms with van der Waals surface area (Å²) >= 11 is 4.88. The van der Waals surface area contributed by atoms with Crippen molar-refractivity contribution in [2.45, 2.75) is 38.6 Å². The van der Waals surface area contributed by atoms with E-state index in [2.05, 4.69) is 32.4 Å². The molecule has 2 aromatic heterocycles. The van der Waals surface area contributed by atoms with E-state index < -0.39 is 0 Å². The summed E-state index contributed by atoms with van der Waals surface area (Å²) in [6, 6.07) is 2.26. The SMILES string of the molecule is N#Cc1c(NC(=O)CCn2cc(Br)cn2)sc2c1CCCC2. The molecule has 0 unspecified atom stereocenters. The predicted molar refractivity (Wildman–Crippen MR) is 88.8 cm³/mol. The van der Waals surface area contributed by atoms with Crippen LogP contribution in [0.15, 0.2) is 16.9 Å². The number of nitriles is 1. The van der Waals surface area contributed by atoms with Crippen molar-refractivity contribution in [3.63, 3.8) is 0 Å². The van der Waals surface area contributed by atoms with Gasteiger partial charge in [-0.3, -0.25) is 9.48 Å². The number of anilines is 1. The molecular formula is C15H15BrN4OS. The zero-order valence-electron chi connectivity index (χ0n) is 11.9. The summed E-state index contributed by atoms with van der Waals surface area (Å²) in [5.74, 6) is -0.0817. The fraction of sp³-hybridized carbons (Fsp3) is 0.400. The molecule has 7 heteroatoms. The first-order valence-electron chi connectivity index (χ1n) is 7.20. The number of fused-ring (bicyclic) bond motifs is 1. The standard InChI is InChI=1S/C15H15BrN4OS/c16-10-8-18-20(9-10)6-5-14(21)19-15-12(7-17)11-3-1-2-4-13(11)22-15/h8-9H,1-6H2,(H,19,21). The molecule has 0 aromatic carbocycles. The lowest BCUT2D eigenvalue weighted by Gasteiger charge is -2.09. The number of aromatic nitrogens is 2. The third kappa shape index (κ3) is 3.23. The molecule has 3 rings (SSSR count). The molecule has 22 heavy (non-hydrogen) atoms. The number of hydrogen-bond donors (Lipinski definition) is 1. The Morgan fingerprint density at radius 3 is 3.05 bits per heavy atom. The van der Waals surface area contributed by atoms with E-state index in [4.69, 9.17) is 0 Å². The summed E-state index contributed by atoms with van der Waals surface area (Å²) in [7, 11) is 0. The van der Waals surface area contributed by atoms with Crippen LogP contribution in [0.1, 0.15) is 35.3 Å². The van der Waals surface area contributed by atoms with Gasteiger partial charge in [-0.25, -0.2) is 0 Å². The van der Waals surface area contributed by atoms with E-state index in [9.17, 15) is 10.1 Å². The number of hydrogen-bond acceptors (Lipinski definition) is 4. The molecule has 0 radical (unpaired) electrons. The Morgan fingerprint density at radius 2 is 2.32 bits per heavy atom. The van der Waals surface area contributed by atoms with Gasteiger partial charge in [-0.2, -0.15) is 10.4 Å². The van der Waals surface area contributed by atoms with Crippen molar-refractivity contribution in [2.24, 2.45) is 0 Å². The summed E-state index contributed by atoms with van der Waals surface area (Å²) in [4.78, 5) is 13.4. The second-order valence-corrected chi connectivity index (χ2v) is 7.27. The molecule has 0 bridgehead atoms. The molecule has 1 N–H and O–H groups in total. The van der Waals surface area contributed by atoms with Crippen LogP contribution in [-0.4, -0.2) is 15.7 Å². The Bertz CT molecular complexity index is 743. The van der Waals surface area contributed by atoms with Crippen molar-refractivity contribution >= 4 is 38.2 Å². The van der Waals surface area contributed by atoms with E-state index in [1.54, 1.807) is 22.2 Å². The monoisotopic (exact) mass is 378 g/mol. The number of carbonyl (C=O) groups is 1. The fourth-order valence-corrected chi connectivity index (χ4v) is 4.22. The number of nitrogens with one attached hydrogen (secondary N) is 1. The molecule has 1 aliphatic rings. The highest BCUT2D eigenvalue weighted by Crippen LogP contribution is 2.37. The molecule has 2 heterocycles.